The molecule has 0 radical (unpaired) electrons. The van der Waals surface area contributed by atoms with Gasteiger partial charge in [-0.05, 0) is 54.6 Å². The van der Waals surface area contributed by atoms with Crippen LogP contribution < -0.4 is 5.73 Å². The van der Waals surface area contributed by atoms with Crippen LogP contribution in [0.25, 0.3) is 0 Å². The van der Waals surface area contributed by atoms with Gasteiger partial charge in [0.05, 0.1) is 5.41 Å². The number of rotatable bonds is 6. The van der Waals surface area contributed by atoms with Crippen molar-refractivity contribution in [2.45, 2.75) is 65.0 Å². The van der Waals surface area contributed by atoms with Gasteiger partial charge in [0.1, 0.15) is 0 Å². The van der Waals surface area contributed by atoms with Crippen LogP contribution in [0.3, 0.4) is 0 Å². The SMILES string of the molecule is CN(C)CCN(C(=O)C(C)(C)C(C)(C)N)C1CCCC1. The van der Waals surface area contributed by atoms with Crippen molar-refractivity contribution in [2.24, 2.45) is 11.1 Å². The average molecular weight is 283 g/mol. The Hall–Kier alpha value is -0.610. The van der Waals surface area contributed by atoms with Gasteiger partial charge in [-0.2, -0.15) is 0 Å². The van der Waals surface area contributed by atoms with Gasteiger partial charge in [-0.15, -0.1) is 0 Å². The van der Waals surface area contributed by atoms with Crippen LogP contribution in [0.2, 0.25) is 0 Å². The van der Waals surface area contributed by atoms with Crippen LogP contribution in [0.1, 0.15) is 53.4 Å². The van der Waals surface area contributed by atoms with Crippen LogP contribution in [0.4, 0.5) is 0 Å². The van der Waals surface area contributed by atoms with E-state index < -0.39 is 11.0 Å². The smallest absolute Gasteiger partial charge is 0.230 e. The molecule has 0 atom stereocenters. The van der Waals surface area contributed by atoms with E-state index in [4.69, 9.17) is 5.73 Å². The molecule has 1 amide bonds. The Bertz CT molecular complexity index is 325. The normalized spacial score (nSPS) is 17.8. The van der Waals surface area contributed by atoms with Gasteiger partial charge in [-0.3, -0.25) is 4.79 Å². The Kier molecular flexibility index (Phi) is 5.61. The summed E-state index contributed by atoms with van der Waals surface area (Å²) >= 11 is 0. The summed E-state index contributed by atoms with van der Waals surface area (Å²) in [6.07, 6.45) is 4.76. The molecule has 0 spiro atoms. The highest BCUT2D eigenvalue weighted by molar-refractivity contribution is 5.83. The van der Waals surface area contributed by atoms with Gasteiger partial charge >= 0.3 is 0 Å². The van der Waals surface area contributed by atoms with Crippen molar-refractivity contribution >= 4 is 5.91 Å². The van der Waals surface area contributed by atoms with Crippen LogP contribution in [-0.4, -0.2) is 54.5 Å². The van der Waals surface area contributed by atoms with Crippen LogP contribution in [0.15, 0.2) is 0 Å². The van der Waals surface area contributed by atoms with Crippen LogP contribution in [0.5, 0.6) is 0 Å². The van der Waals surface area contributed by atoms with Crippen molar-refractivity contribution in [3.63, 3.8) is 0 Å². The summed E-state index contributed by atoms with van der Waals surface area (Å²) in [6.45, 7) is 9.56. The Labute approximate surface area is 124 Å². The van der Waals surface area contributed by atoms with Gasteiger partial charge in [0.15, 0.2) is 0 Å². The molecule has 4 nitrogen and oxygen atoms in total. The monoisotopic (exact) mass is 283 g/mol. The summed E-state index contributed by atoms with van der Waals surface area (Å²) in [5, 5.41) is 0. The summed E-state index contributed by atoms with van der Waals surface area (Å²) in [5.41, 5.74) is 5.19. The molecule has 0 heterocycles. The number of carbonyl (C=O) groups is 1. The largest absolute Gasteiger partial charge is 0.338 e. The van der Waals surface area contributed by atoms with E-state index in [-0.39, 0.29) is 5.91 Å². The Morgan fingerprint density at radius 1 is 1.10 bits per heavy atom. The van der Waals surface area contributed by atoms with Crippen LogP contribution in [0, 0.1) is 5.41 Å². The molecule has 0 aliphatic heterocycles. The fourth-order valence-corrected chi connectivity index (χ4v) is 2.61. The molecule has 1 fully saturated rings. The Balaban J connectivity index is 2.88. The Morgan fingerprint density at radius 3 is 2.00 bits per heavy atom. The van der Waals surface area contributed by atoms with Crippen molar-refractivity contribution < 1.29 is 4.79 Å². The first-order chi connectivity index (χ1) is 9.07. The number of hydrogen-bond acceptors (Lipinski definition) is 3. The molecule has 0 aromatic rings. The molecule has 1 saturated carbocycles. The van der Waals surface area contributed by atoms with E-state index in [1.807, 2.05) is 27.7 Å². The maximum atomic E-state index is 13.0. The minimum absolute atomic E-state index is 0.207. The zero-order valence-corrected chi connectivity index (χ0v) is 14.2. The molecule has 0 unspecified atom stereocenters. The van der Waals surface area contributed by atoms with Gasteiger partial charge in [0.25, 0.3) is 0 Å². The second-order valence-electron chi connectivity index (χ2n) is 7.59. The molecule has 0 aromatic heterocycles. The summed E-state index contributed by atoms with van der Waals surface area (Å²) < 4.78 is 0. The molecule has 20 heavy (non-hydrogen) atoms. The zero-order valence-electron chi connectivity index (χ0n) is 14.2. The maximum Gasteiger partial charge on any atom is 0.230 e. The first-order valence-corrected chi connectivity index (χ1v) is 7.82. The van der Waals surface area contributed by atoms with E-state index in [0.29, 0.717) is 6.04 Å². The van der Waals surface area contributed by atoms with E-state index in [1.54, 1.807) is 0 Å². The van der Waals surface area contributed by atoms with Crippen molar-refractivity contribution in [3.8, 4) is 0 Å². The van der Waals surface area contributed by atoms with Gasteiger partial charge in [0.2, 0.25) is 5.91 Å². The molecule has 1 aliphatic rings. The lowest BCUT2D eigenvalue weighted by Crippen LogP contribution is -2.58. The average Bonchev–Trinajstić information content (AvgIpc) is 2.80. The van der Waals surface area contributed by atoms with Crippen LogP contribution in [-0.2, 0) is 4.79 Å². The third-order valence-electron chi connectivity index (χ3n) is 4.96. The molecule has 0 bridgehead atoms. The van der Waals surface area contributed by atoms with E-state index in [0.717, 1.165) is 25.9 Å². The third kappa shape index (κ3) is 3.95. The van der Waals surface area contributed by atoms with Crippen molar-refractivity contribution in [1.29, 1.82) is 0 Å². The molecule has 1 aliphatic carbocycles. The molecule has 118 valence electrons. The molecule has 2 N–H and O–H groups in total. The lowest BCUT2D eigenvalue weighted by atomic mass is 9.74. The molecule has 0 saturated heterocycles. The molecule has 0 aromatic carbocycles. The standard InChI is InChI=1S/C16H33N3O/c1-15(2,16(3,4)17)14(20)19(12-11-18(5)6)13-9-7-8-10-13/h13H,7-12,17H2,1-6H3. The van der Waals surface area contributed by atoms with Gasteiger partial charge in [-0.25, -0.2) is 0 Å². The van der Waals surface area contributed by atoms with Gasteiger partial charge in [-0.1, -0.05) is 12.8 Å². The fourth-order valence-electron chi connectivity index (χ4n) is 2.61. The second kappa shape index (κ2) is 6.44. The molecule has 1 rings (SSSR count). The first-order valence-electron chi connectivity index (χ1n) is 7.82. The quantitative estimate of drug-likeness (QED) is 0.812. The number of nitrogens with two attached hydrogens (primary N) is 1. The second-order valence-corrected chi connectivity index (χ2v) is 7.59. The summed E-state index contributed by atoms with van der Waals surface area (Å²) in [5.74, 6) is 0.207. The minimum atomic E-state index is -0.540. The topological polar surface area (TPSA) is 49.6 Å². The van der Waals surface area contributed by atoms with Crippen molar-refractivity contribution in [2.75, 3.05) is 27.2 Å². The lowest BCUT2D eigenvalue weighted by molar-refractivity contribution is -0.146. The zero-order chi connectivity index (χ0) is 15.6. The third-order valence-corrected chi connectivity index (χ3v) is 4.96. The minimum Gasteiger partial charge on any atom is -0.338 e. The molecule has 4 heteroatoms. The van der Waals surface area contributed by atoms with Crippen molar-refractivity contribution in [3.05, 3.63) is 0 Å². The Morgan fingerprint density at radius 2 is 1.60 bits per heavy atom. The van der Waals surface area contributed by atoms with E-state index in [2.05, 4.69) is 23.9 Å². The number of carbonyl (C=O) groups excluding carboxylic acids is 1. The highest BCUT2D eigenvalue weighted by Crippen LogP contribution is 2.34. The van der Waals surface area contributed by atoms with Crippen LogP contribution >= 0.6 is 0 Å². The number of hydrogen-bond donors (Lipinski definition) is 1. The van der Waals surface area contributed by atoms with Gasteiger partial charge in [0, 0.05) is 24.7 Å². The number of nitrogens with zero attached hydrogens (tertiary/aromatic N) is 2. The summed E-state index contributed by atoms with van der Waals surface area (Å²) in [6, 6.07) is 0.407. The van der Waals surface area contributed by atoms with Gasteiger partial charge < -0.3 is 15.5 Å². The summed E-state index contributed by atoms with van der Waals surface area (Å²) in [4.78, 5) is 17.3. The van der Waals surface area contributed by atoms with E-state index in [9.17, 15) is 4.79 Å². The molecular weight excluding hydrogens is 250 g/mol. The highest BCUT2D eigenvalue weighted by Gasteiger charge is 2.44. The predicted octanol–water partition coefficient (Wildman–Crippen LogP) is 2.08. The lowest BCUT2D eigenvalue weighted by Gasteiger charge is -2.43. The first kappa shape index (κ1) is 17.4. The van der Waals surface area contributed by atoms with E-state index in [1.165, 1.54) is 12.8 Å². The fraction of sp³-hybridized carbons (Fsp3) is 0.938. The number of likely N-dealkylation sites (N-methyl/N-ethyl adjacent to an activating group) is 1. The van der Waals surface area contributed by atoms with Crippen molar-refractivity contribution in [1.82, 2.24) is 9.80 Å². The predicted molar refractivity (Wildman–Crippen MR) is 84.6 cm³/mol. The van der Waals surface area contributed by atoms with E-state index >= 15 is 0 Å². The molecular formula is C16H33N3O. The maximum absolute atomic E-state index is 13.0. The summed E-state index contributed by atoms with van der Waals surface area (Å²) in [7, 11) is 4.10. The highest BCUT2D eigenvalue weighted by atomic mass is 16.2. The number of amides is 1.